The van der Waals surface area contributed by atoms with E-state index in [-0.39, 0.29) is 17.5 Å². The molecule has 0 aliphatic carbocycles. The first kappa shape index (κ1) is 19.5. The summed E-state index contributed by atoms with van der Waals surface area (Å²) in [4.78, 5) is 32.2. The van der Waals surface area contributed by atoms with Gasteiger partial charge in [-0.2, -0.15) is 0 Å². The van der Waals surface area contributed by atoms with Crippen molar-refractivity contribution in [1.29, 1.82) is 0 Å². The smallest absolute Gasteiger partial charge is 0.409 e. The van der Waals surface area contributed by atoms with E-state index in [0.717, 1.165) is 64.1 Å². The van der Waals surface area contributed by atoms with Gasteiger partial charge in [-0.05, 0) is 43.2 Å². The SMILES string of the molecule is CCCCOC(=O)N1CCC2(CCN(c3ccc(C(=O)OC)cn3)CC2)C1. The summed E-state index contributed by atoms with van der Waals surface area (Å²) in [6, 6.07) is 3.62. The van der Waals surface area contributed by atoms with E-state index in [1.807, 2.05) is 11.0 Å². The minimum absolute atomic E-state index is 0.164. The van der Waals surface area contributed by atoms with Gasteiger partial charge in [0.1, 0.15) is 5.82 Å². The molecule has 0 atom stereocenters. The fourth-order valence-electron chi connectivity index (χ4n) is 3.92. The Balaban J connectivity index is 1.51. The molecule has 1 amide bonds. The number of carbonyl (C=O) groups excluding carboxylic acids is 2. The molecular weight excluding hydrogens is 346 g/mol. The molecule has 0 saturated carbocycles. The molecule has 1 aromatic heterocycles. The maximum absolute atomic E-state index is 12.2. The largest absolute Gasteiger partial charge is 0.465 e. The molecule has 0 unspecified atom stereocenters. The van der Waals surface area contributed by atoms with Crippen molar-refractivity contribution in [2.45, 2.75) is 39.0 Å². The van der Waals surface area contributed by atoms with E-state index in [2.05, 4.69) is 16.8 Å². The molecule has 1 spiro atoms. The molecular formula is C20H29N3O4. The first-order valence-electron chi connectivity index (χ1n) is 9.78. The Labute approximate surface area is 160 Å². The second-order valence-corrected chi connectivity index (χ2v) is 7.52. The number of piperidine rings is 1. The van der Waals surface area contributed by atoms with E-state index in [1.54, 1.807) is 12.3 Å². The summed E-state index contributed by atoms with van der Waals surface area (Å²) in [5, 5.41) is 0. The number of unbranched alkanes of at least 4 members (excludes halogenated alkanes) is 1. The van der Waals surface area contributed by atoms with E-state index < -0.39 is 0 Å². The Bertz CT molecular complexity index is 654. The van der Waals surface area contributed by atoms with Crippen molar-refractivity contribution in [3.63, 3.8) is 0 Å². The highest BCUT2D eigenvalue weighted by Crippen LogP contribution is 2.41. The number of aromatic nitrogens is 1. The maximum atomic E-state index is 12.2. The highest BCUT2D eigenvalue weighted by atomic mass is 16.6. The van der Waals surface area contributed by atoms with Gasteiger partial charge in [0.25, 0.3) is 0 Å². The number of carbonyl (C=O) groups is 2. The number of anilines is 1. The van der Waals surface area contributed by atoms with Crippen LogP contribution in [-0.4, -0.2) is 61.8 Å². The van der Waals surface area contributed by atoms with E-state index in [0.29, 0.717) is 12.2 Å². The van der Waals surface area contributed by atoms with Gasteiger partial charge in [0.15, 0.2) is 0 Å². The van der Waals surface area contributed by atoms with Crippen LogP contribution < -0.4 is 4.90 Å². The molecule has 1 aromatic rings. The van der Waals surface area contributed by atoms with Crippen molar-refractivity contribution >= 4 is 17.9 Å². The first-order chi connectivity index (χ1) is 13.1. The lowest BCUT2D eigenvalue weighted by atomic mass is 9.78. The van der Waals surface area contributed by atoms with Crippen LogP contribution in [0.1, 0.15) is 49.4 Å². The molecule has 0 bridgehead atoms. The number of hydrogen-bond donors (Lipinski definition) is 0. The van der Waals surface area contributed by atoms with E-state index in [1.165, 1.54) is 7.11 Å². The predicted molar refractivity (Wildman–Crippen MR) is 102 cm³/mol. The second-order valence-electron chi connectivity index (χ2n) is 7.52. The summed E-state index contributed by atoms with van der Waals surface area (Å²) < 4.78 is 10.1. The van der Waals surface area contributed by atoms with Crippen molar-refractivity contribution in [3.8, 4) is 0 Å². The fraction of sp³-hybridized carbons (Fsp3) is 0.650. The van der Waals surface area contributed by atoms with Gasteiger partial charge in [0.05, 0.1) is 19.3 Å². The number of rotatable bonds is 5. The normalized spacial score (nSPS) is 18.6. The molecule has 148 valence electrons. The number of pyridine rings is 1. The van der Waals surface area contributed by atoms with Crippen LogP contribution in [0.25, 0.3) is 0 Å². The average molecular weight is 375 g/mol. The number of esters is 1. The lowest BCUT2D eigenvalue weighted by Crippen LogP contribution is -2.42. The zero-order chi connectivity index (χ0) is 19.3. The summed E-state index contributed by atoms with van der Waals surface area (Å²) in [6.45, 7) is 5.99. The quantitative estimate of drug-likeness (QED) is 0.582. The third-order valence-corrected chi connectivity index (χ3v) is 5.74. The van der Waals surface area contributed by atoms with Gasteiger partial charge in [-0.15, -0.1) is 0 Å². The Kier molecular flexibility index (Phi) is 6.19. The monoisotopic (exact) mass is 375 g/mol. The summed E-state index contributed by atoms with van der Waals surface area (Å²) in [5.74, 6) is 0.509. The average Bonchev–Trinajstić information content (AvgIpc) is 3.12. The zero-order valence-electron chi connectivity index (χ0n) is 16.3. The van der Waals surface area contributed by atoms with Gasteiger partial charge < -0.3 is 19.3 Å². The molecule has 27 heavy (non-hydrogen) atoms. The van der Waals surface area contributed by atoms with Crippen LogP contribution in [0, 0.1) is 5.41 Å². The number of nitrogens with zero attached hydrogens (tertiary/aromatic N) is 3. The van der Waals surface area contributed by atoms with Crippen LogP contribution >= 0.6 is 0 Å². The van der Waals surface area contributed by atoms with Gasteiger partial charge in [-0.1, -0.05) is 13.3 Å². The molecule has 0 N–H and O–H groups in total. The number of methoxy groups -OCH3 is 1. The van der Waals surface area contributed by atoms with Crippen molar-refractivity contribution in [2.75, 3.05) is 44.8 Å². The Hall–Kier alpha value is -2.31. The van der Waals surface area contributed by atoms with Crippen LogP contribution in [0.3, 0.4) is 0 Å². The highest BCUT2D eigenvalue weighted by Gasteiger charge is 2.42. The fourth-order valence-corrected chi connectivity index (χ4v) is 3.92. The minimum atomic E-state index is -0.372. The first-order valence-corrected chi connectivity index (χ1v) is 9.78. The van der Waals surface area contributed by atoms with Crippen molar-refractivity contribution in [1.82, 2.24) is 9.88 Å². The van der Waals surface area contributed by atoms with Crippen LogP contribution in [0.5, 0.6) is 0 Å². The van der Waals surface area contributed by atoms with Gasteiger partial charge in [-0.25, -0.2) is 14.6 Å². The number of likely N-dealkylation sites (tertiary alicyclic amines) is 1. The van der Waals surface area contributed by atoms with Gasteiger partial charge in [0, 0.05) is 32.4 Å². The lowest BCUT2D eigenvalue weighted by molar-refractivity contribution is 0.0600. The van der Waals surface area contributed by atoms with Crippen LogP contribution in [0.2, 0.25) is 0 Å². The molecule has 2 aliphatic rings. The minimum Gasteiger partial charge on any atom is -0.465 e. The topological polar surface area (TPSA) is 72.0 Å². The van der Waals surface area contributed by atoms with Crippen molar-refractivity contribution in [3.05, 3.63) is 23.9 Å². The Morgan fingerprint density at radius 1 is 1.19 bits per heavy atom. The van der Waals surface area contributed by atoms with Crippen LogP contribution in [0.4, 0.5) is 10.6 Å². The molecule has 2 aliphatic heterocycles. The summed E-state index contributed by atoms with van der Waals surface area (Å²) in [5.41, 5.74) is 0.662. The van der Waals surface area contributed by atoms with E-state index in [9.17, 15) is 9.59 Å². The predicted octanol–water partition coefficient (Wildman–Crippen LogP) is 3.10. The molecule has 2 saturated heterocycles. The van der Waals surface area contributed by atoms with Gasteiger partial charge in [0.2, 0.25) is 0 Å². The Morgan fingerprint density at radius 3 is 2.56 bits per heavy atom. The molecule has 0 radical (unpaired) electrons. The molecule has 3 heterocycles. The second kappa shape index (κ2) is 8.59. The van der Waals surface area contributed by atoms with Gasteiger partial charge in [-0.3, -0.25) is 0 Å². The van der Waals surface area contributed by atoms with E-state index in [4.69, 9.17) is 9.47 Å². The Morgan fingerprint density at radius 2 is 1.93 bits per heavy atom. The summed E-state index contributed by atoms with van der Waals surface area (Å²) >= 11 is 0. The number of amides is 1. The lowest BCUT2D eigenvalue weighted by Gasteiger charge is -2.39. The highest BCUT2D eigenvalue weighted by molar-refractivity contribution is 5.89. The molecule has 2 fully saturated rings. The van der Waals surface area contributed by atoms with Crippen molar-refractivity contribution in [2.24, 2.45) is 5.41 Å². The summed E-state index contributed by atoms with van der Waals surface area (Å²) in [6.07, 6.45) is 6.46. The van der Waals surface area contributed by atoms with Gasteiger partial charge >= 0.3 is 12.1 Å². The number of hydrogen-bond acceptors (Lipinski definition) is 6. The van der Waals surface area contributed by atoms with Crippen LogP contribution in [-0.2, 0) is 9.47 Å². The molecule has 7 nitrogen and oxygen atoms in total. The van der Waals surface area contributed by atoms with Crippen molar-refractivity contribution < 1.29 is 19.1 Å². The maximum Gasteiger partial charge on any atom is 0.409 e. The number of ether oxygens (including phenoxy) is 2. The third kappa shape index (κ3) is 4.51. The summed E-state index contributed by atoms with van der Waals surface area (Å²) in [7, 11) is 1.37. The molecule has 3 rings (SSSR count). The molecule has 7 heteroatoms. The standard InChI is InChI=1S/C20H29N3O4/c1-3-4-13-27-19(25)23-12-9-20(15-23)7-10-22(11-8-20)17-6-5-16(14-21-17)18(24)26-2/h5-6,14H,3-4,7-13,15H2,1-2H3. The van der Waals surface area contributed by atoms with E-state index >= 15 is 0 Å². The zero-order valence-corrected chi connectivity index (χ0v) is 16.3. The third-order valence-electron chi connectivity index (χ3n) is 5.74. The molecule has 0 aromatic carbocycles. The van der Waals surface area contributed by atoms with Crippen LogP contribution in [0.15, 0.2) is 18.3 Å².